The van der Waals surface area contributed by atoms with E-state index in [4.69, 9.17) is 9.47 Å². The van der Waals surface area contributed by atoms with Gasteiger partial charge in [-0.05, 0) is 43.7 Å². The van der Waals surface area contributed by atoms with Crippen molar-refractivity contribution >= 4 is 5.97 Å². The van der Waals surface area contributed by atoms with Crippen LogP contribution < -0.4 is 0 Å². The quantitative estimate of drug-likeness (QED) is 0.590. The van der Waals surface area contributed by atoms with Gasteiger partial charge in [-0.1, -0.05) is 45.0 Å². The van der Waals surface area contributed by atoms with Crippen molar-refractivity contribution in [2.75, 3.05) is 32.9 Å². The van der Waals surface area contributed by atoms with E-state index in [1.54, 1.807) is 0 Å². The molecule has 1 fully saturated rings. The minimum atomic E-state index is -0.415. The molecule has 1 unspecified atom stereocenters. The van der Waals surface area contributed by atoms with E-state index in [0.717, 1.165) is 45.7 Å². The molecule has 1 aromatic carbocycles. The van der Waals surface area contributed by atoms with Gasteiger partial charge in [0.1, 0.15) is 0 Å². The molecule has 0 aliphatic carbocycles. The number of ether oxygens (including phenoxy) is 2. The molecule has 0 N–H and O–H groups in total. The summed E-state index contributed by atoms with van der Waals surface area (Å²) >= 11 is 0. The first-order valence-electron chi connectivity index (χ1n) is 10.3. The minimum absolute atomic E-state index is 0.0838. The molecule has 0 bridgehead atoms. The zero-order valence-corrected chi connectivity index (χ0v) is 17.8. The highest BCUT2D eigenvalue weighted by Gasteiger charge is 2.29. The molecule has 4 nitrogen and oxygen atoms in total. The summed E-state index contributed by atoms with van der Waals surface area (Å²) in [5.74, 6) is 0.712. The van der Waals surface area contributed by atoms with Crippen molar-refractivity contribution in [2.45, 2.75) is 59.9 Å². The molecular formula is C23H37NO3. The van der Waals surface area contributed by atoms with Crippen molar-refractivity contribution in [3.05, 3.63) is 35.4 Å². The van der Waals surface area contributed by atoms with E-state index < -0.39 is 5.41 Å². The van der Waals surface area contributed by atoms with Gasteiger partial charge in [0.05, 0.1) is 25.2 Å². The number of hydrogen-bond acceptors (Lipinski definition) is 4. The van der Waals surface area contributed by atoms with Crippen LogP contribution in [0.15, 0.2) is 24.3 Å². The largest absolute Gasteiger partial charge is 0.465 e. The summed E-state index contributed by atoms with van der Waals surface area (Å²) in [6.45, 7) is 15.5. The Kier molecular flexibility index (Phi) is 8.30. The lowest BCUT2D eigenvalue weighted by molar-refractivity contribution is -0.155. The van der Waals surface area contributed by atoms with Crippen LogP contribution in [0.25, 0.3) is 0 Å². The molecule has 1 aliphatic heterocycles. The fourth-order valence-corrected chi connectivity index (χ4v) is 3.26. The number of hydrogen-bond donors (Lipinski definition) is 0. The SMILES string of the molecule is CC(C)CCC(C)(C)C(=O)OCC(C)c1cccc(CN2CCOCC2)c1. The molecule has 1 aromatic rings. The smallest absolute Gasteiger partial charge is 0.311 e. The van der Waals surface area contributed by atoms with Crippen molar-refractivity contribution in [3.63, 3.8) is 0 Å². The average molecular weight is 376 g/mol. The minimum Gasteiger partial charge on any atom is -0.465 e. The molecule has 0 amide bonds. The molecule has 0 radical (unpaired) electrons. The van der Waals surface area contributed by atoms with Crippen LogP contribution in [0.2, 0.25) is 0 Å². The van der Waals surface area contributed by atoms with E-state index in [0.29, 0.717) is 12.5 Å². The van der Waals surface area contributed by atoms with Crippen LogP contribution in [0.4, 0.5) is 0 Å². The molecule has 1 saturated heterocycles. The summed E-state index contributed by atoms with van der Waals surface area (Å²) in [7, 11) is 0. The van der Waals surface area contributed by atoms with E-state index in [1.807, 2.05) is 13.8 Å². The lowest BCUT2D eigenvalue weighted by Crippen LogP contribution is -2.35. The molecule has 0 aromatic heterocycles. The topological polar surface area (TPSA) is 38.8 Å². The molecule has 1 heterocycles. The lowest BCUT2D eigenvalue weighted by atomic mass is 9.85. The molecule has 4 heteroatoms. The summed E-state index contributed by atoms with van der Waals surface area (Å²) < 4.78 is 11.1. The second-order valence-electron chi connectivity index (χ2n) is 8.95. The Hall–Kier alpha value is -1.39. The Morgan fingerprint density at radius 1 is 1.22 bits per heavy atom. The third-order valence-electron chi connectivity index (χ3n) is 5.39. The summed E-state index contributed by atoms with van der Waals surface area (Å²) in [4.78, 5) is 14.9. The maximum absolute atomic E-state index is 12.5. The number of benzene rings is 1. The van der Waals surface area contributed by atoms with Gasteiger partial charge in [-0.15, -0.1) is 0 Å². The second-order valence-corrected chi connectivity index (χ2v) is 8.95. The van der Waals surface area contributed by atoms with Gasteiger partial charge in [-0.3, -0.25) is 9.69 Å². The molecule has 2 rings (SSSR count). The molecule has 0 spiro atoms. The van der Waals surface area contributed by atoms with E-state index in [1.165, 1.54) is 11.1 Å². The molecular weight excluding hydrogens is 338 g/mol. The van der Waals surface area contributed by atoms with Crippen molar-refractivity contribution < 1.29 is 14.3 Å². The third kappa shape index (κ3) is 7.27. The number of nitrogens with zero attached hydrogens (tertiary/aromatic N) is 1. The van der Waals surface area contributed by atoms with Crippen molar-refractivity contribution in [2.24, 2.45) is 11.3 Å². The summed E-state index contributed by atoms with van der Waals surface area (Å²) in [5.41, 5.74) is 2.13. The first-order valence-corrected chi connectivity index (χ1v) is 10.3. The second kappa shape index (κ2) is 10.2. The van der Waals surface area contributed by atoms with Gasteiger partial charge in [0.25, 0.3) is 0 Å². The van der Waals surface area contributed by atoms with Gasteiger partial charge >= 0.3 is 5.97 Å². The van der Waals surface area contributed by atoms with Gasteiger partial charge in [0.15, 0.2) is 0 Å². The number of carbonyl (C=O) groups is 1. The fraction of sp³-hybridized carbons (Fsp3) is 0.696. The van der Waals surface area contributed by atoms with Crippen molar-refractivity contribution in [1.29, 1.82) is 0 Å². The average Bonchev–Trinajstić information content (AvgIpc) is 2.65. The van der Waals surface area contributed by atoms with Crippen molar-refractivity contribution in [3.8, 4) is 0 Å². The standard InChI is InChI=1S/C23H37NO3/c1-18(2)9-10-23(4,5)22(25)27-17-19(3)21-8-6-7-20(15-21)16-24-11-13-26-14-12-24/h6-8,15,18-19H,9-14,16-17H2,1-5H3. The van der Waals surface area contributed by atoms with Gasteiger partial charge in [0.2, 0.25) is 0 Å². The van der Waals surface area contributed by atoms with Crippen LogP contribution in [-0.4, -0.2) is 43.8 Å². The Balaban J connectivity index is 1.86. The zero-order valence-electron chi connectivity index (χ0n) is 17.8. The molecule has 1 atom stereocenters. The number of carbonyl (C=O) groups excluding carboxylic acids is 1. The van der Waals surface area contributed by atoms with E-state index in [-0.39, 0.29) is 11.9 Å². The van der Waals surface area contributed by atoms with E-state index in [9.17, 15) is 4.79 Å². The predicted molar refractivity (Wildman–Crippen MR) is 110 cm³/mol. The maximum atomic E-state index is 12.5. The van der Waals surface area contributed by atoms with Crippen LogP contribution >= 0.6 is 0 Å². The number of rotatable bonds is 9. The van der Waals surface area contributed by atoms with Gasteiger partial charge < -0.3 is 9.47 Å². The third-order valence-corrected chi connectivity index (χ3v) is 5.39. The van der Waals surface area contributed by atoms with Crippen molar-refractivity contribution in [1.82, 2.24) is 4.90 Å². The van der Waals surface area contributed by atoms with Gasteiger partial charge in [-0.2, -0.15) is 0 Å². The zero-order chi connectivity index (χ0) is 19.9. The van der Waals surface area contributed by atoms with E-state index >= 15 is 0 Å². The van der Waals surface area contributed by atoms with Gasteiger partial charge in [-0.25, -0.2) is 0 Å². The maximum Gasteiger partial charge on any atom is 0.311 e. The first kappa shape index (κ1) is 21.9. The van der Waals surface area contributed by atoms with Crippen LogP contribution in [0.1, 0.15) is 64.5 Å². The van der Waals surface area contributed by atoms with E-state index in [2.05, 4.69) is 49.9 Å². The highest BCUT2D eigenvalue weighted by molar-refractivity contribution is 5.75. The monoisotopic (exact) mass is 375 g/mol. The first-order chi connectivity index (χ1) is 12.8. The van der Waals surface area contributed by atoms with Crippen LogP contribution in [0, 0.1) is 11.3 Å². The highest BCUT2D eigenvalue weighted by atomic mass is 16.5. The van der Waals surface area contributed by atoms with Crippen LogP contribution in [0.5, 0.6) is 0 Å². The Labute approximate surface area is 165 Å². The highest BCUT2D eigenvalue weighted by Crippen LogP contribution is 2.27. The summed E-state index contributed by atoms with van der Waals surface area (Å²) in [6, 6.07) is 8.66. The van der Waals surface area contributed by atoms with Crippen LogP contribution in [-0.2, 0) is 20.8 Å². The predicted octanol–water partition coefficient (Wildman–Crippen LogP) is 4.63. The van der Waals surface area contributed by atoms with Gasteiger partial charge in [0, 0.05) is 25.6 Å². The Morgan fingerprint density at radius 3 is 2.59 bits per heavy atom. The molecule has 1 aliphatic rings. The van der Waals surface area contributed by atoms with Crippen LogP contribution in [0.3, 0.4) is 0 Å². The molecule has 152 valence electrons. The summed E-state index contributed by atoms with van der Waals surface area (Å²) in [6.07, 6.45) is 1.91. The number of morpholine rings is 1. The fourth-order valence-electron chi connectivity index (χ4n) is 3.26. The lowest BCUT2D eigenvalue weighted by Gasteiger charge is -2.27. The Morgan fingerprint density at radius 2 is 1.93 bits per heavy atom. The Bertz CT molecular complexity index is 591. The molecule has 27 heavy (non-hydrogen) atoms. The summed E-state index contributed by atoms with van der Waals surface area (Å²) in [5, 5.41) is 0. The molecule has 0 saturated carbocycles. The number of esters is 1. The normalized spacial score (nSPS) is 17.1.